The molecule has 0 unspecified atom stereocenters. The van der Waals surface area contributed by atoms with Crippen LogP contribution in [-0.2, 0) is 19.2 Å². The first-order valence-corrected chi connectivity index (χ1v) is 9.82. The summed E-state index contributed by atoms with van der Waals surface area (Å²) >= 11 is 0. The summed E-state index contributed by atoms with van der Waals surface area (Å²) in [7, 11) is 0. The molecule has 4 rings (SSSR count). The topological polar surface area (TPSA) is 164 Å². The van der Waals surface area contributed by atoms with E-state index in [0.29, 0.717) is 0 Å². The van der Waals surface area contributed by atoms with Gasteiger partial charge in [0, 0.05) is 0 Å². The van der Waals surface area contributed by atoms with Gasteiger partial charge < -0.3 is 0 Å². The largest absolute Gasteiger partial charge is 0.231 e. The van der Waals surface area contributed by atoms with Crippen LogP contribution in [0.25, 0.3) is 0 Å². The lowest BCUT2D eigenvalue weighted by molar-refractivity contribution is 0.562. The zero-order chi connectivity index (χ0) is 27.8. The summed E-state index contributed by atoms with van der Waals surface area (Å²) in [5.74, 6) is 0. The van der Waals surface area contributed by atoms with Gasteiger partial charge in [-0.1, -0.05) is 146 Å². The van der Waals surface area contributed by atoms with Crippen LogP contribution in [0.2, 0.25) is 0 Å². The lowest BCUT2D eigenvalue weighted by Crippen LogP contribution is -1.47. The molecule has 4 aromatic carbocycles. The molecule has 0 aliphatic rings. The first kappa shape index (κ1) is 46.4. The van der Waals surface area contributed by atoms with Crippen molar-refractivity contribution in [2.75, 3.05) is 0 Å². The molecule has 200 valence electrons. The molecular formula is C28H32N4O4S2. The Morgan fingerprint density at radius 2 is 0.263 bits per heavy atom. The summed E-state index contributed by atoms with van der Waals surface area (Å²) < 4.78 is 0. The van der Waals surface area contributed by atoms with Gasteiger partial charge in [0.25, 0.3) is 0 Å². The molecule has 10 heteroatoms. The van der Waals surface area contributed by atoms with E-state index in [-0.39, 0.29) is 27.0 Å². The number of nitrogens with one attached hydrogen (secondary N) is 4. The van der Waals surface area contributed by atoms with E-state index in [0.717, 1.165) is 24.3 Å². The molecule has 4 aromatic rings. The van der Waals surface area contributed by atoms with Crippen LogP contribution in [0.15, 0.2) is 146 Å². The number of isocyanates is 4. The highest BCUT2D eigenvalue weighted by atomic mass is 32.1. The van der Waals surface area contributed by atoms with Crippen LogP contribution in [0.1, 0.15) is 0 Å². The summed E-state index contributed by atoms with van der Waals surface area (Å²) in [5.41, 5.74) is 0. The van der Waals surface area contributed by atoms with Crippen molar-refractivity contribution in [1.82, 2.24) is 0 Å². The fraction of sp³-hybridized carbons (Fsp3) is 0. The van der Waals surface area contributed by atoms with Crippen LogP contribution in [0.5, 0.6) is 0 Å². The van der Waals surface area contributed by atoms with E-state index in [1.54, 1.807) is 0 Å². The van der Waals surface area contributed by atoms with Crippen molar-refractivity contribution in [2.24, 2.45) is 0 Å². The van der Waals surface area contributed by atoms with Crippen LogP contribution in [0, 0.1) is 21.6 Å². The number of carbonyl (C=O) groups excluding carboxylic acids is 4. The maximum Gasteiger partial charge on any atom is 0.231 e. The summed E-state index contributed by atoms with van der Waals surface area (Å²) in [6.07, 6.45) is 3.00. The van der Waals surface area contributed by atoms with Crippen LogP contribution in [0.3, 0.4) is 0 Å². The van der Waals surface area contributed by atoms with Gasteiger partial charge in [-0.15, -0.1) is 0 Å². The highest BCUT2D eigenvalue weighted by Gasteiger charge is 1.59. The molecule has 0 aliphatic heterocycles. The van der Waals surface area contributed by atoms with Crippen molar-refractivity contribution >= 4 is 51.3 Å². The van der Waals surface area contributed by atoms with E-state index >= 15 is 0 Å². The standard InChI is InChI=1S/4C6H6.4CHNO.2H2S/c4*1-2-4-6-5-3-1;4*2-1-3;;/h4*1-6H;4*2H;2*1H2. The van der Waals surface area contributed by atoms with E-state index in [1.807, 2.05) is 146 Å². The van der Waals surface area contributed by atoms with Gasteiger partial charge >= 0.3 is 0 Å². The van der Waals surface area contributed by atoms with E-state index in [1.165, 1.54) is 0 Å². The fourth-order valence-electron chi connectivity index (χ4n) is 1.54. The van der Waals surface area contributed by atoms with Gasteiger partial charge in [-0.3, -0.25) is 0 Å². The molecule has 0 aromatic heterocycles. The second kappa shape index (κ2) is 58.2. The summed E-state index contributed by atoms with van der Waals surface area (Å²) in [5, 5.41) is 21.6. The molecule has 38 heavy (non-hydrogen) atoms. The first-order chi connectivity index (χ1) is 17.7. The molecule has 0 bridgehead atoms. The molecule has 0 fully saturated rings. The summed E-state index contributed by atoms with van der Waals surface area (Å²) in [6, 6.07) is 48.0. The molecule has 0 saturated carbocycles. The minimum absolute atomic E-state index is 0. The van der Waals surface area contributed by atoms with Gasteiger partial charge in [-0.2, -0.15) is 27.0 Å². The van der Waals surface area contributed by atoms with Gasteiger partial charge in [-0.25, -0.2) is 40.8 Å². The normalized spacial score (nSPS) is 5.89. The first-order valence-electron chi connectivity index (χ1n) is 9.82. The Balaban J connectivity index is -0.0000000783. The van der Waals surface area contributed by atoms with Crippen molar-refractivity contribution in [3.63, 3.8) is 0 Å². The van der Waals surface area contributed by atoms with E-state index in [9.17, 15) is 0 Å². The Morgan fingerprint density at radius 1 is 0.237 bits per heavy atom. The number of hydrogen-bond acceptors (Lipinski definition) is 8. The Kier molecular flexibility index (Phi) is 71.1. The third-order valence-electron chi connectivity index (χ3n) is 2.67. The van der Waals surface area contributed by atoms with Crippen molar-refractivity contribution in [3.8, 4) is 0 Å². The third kappa shape index (κ3) is 77.2. The van der Waals surface area contributed by atoms with Crippen molar-refractivity contribution in [3.05, 3.63) is 146 Å². The van der Waals surface area contributed by atoms with E-state index in [2.05, 4.69) is 0 Å². The molecule has 0 atom stereocenters. The van der Waals surface area contributed by atoms with Gasteiger partial charge in [0.1, 0.15) is 0 Å². The van der Waals surface area contributed by atoms with Crippen LogP contribution >= 0.6 is 27.0 Å². The summed E-state index contributed by atoms with van der Waals surface area (Å²) in [6.45, 7) is 0. The van der Waals surface area contributed by atoms with Gasteiger partial charge in [0.05, 0.1) is 0 Å². The third-order valence-corrected chi connectivity index (χ3v) is 2.67. The Morgan fingerprint density at radius 3 is 0.289 bits per heavy atom. The SMILES string of the molecule is N=C=O.N=C=O.N=C=O.N=C=O.S.S.c1ccccc1.c1ccccc1.c1ccccc1.c1ccccc1. The molecule has 8 nitrogen and oxygen atoms in total. The lowest BCUT2D eigenvalue weighted by Gasteiger charge is -1.69. The average molecular weight is 553 g/mol. The maximum absolute atomic E-state index is 8.35. The molecule has 0 spiro atoms. The number of hydrogen-bond donors (Lipinski definition) is 4. The monoisotopic (exact) mass is 552 g/mol. The predicted molar refractivity (Wildman–Crippen MR) is 160 cm³/mol. The second-order valence-corrected chi connectivity index (χ2v) is 5.03. The summed E-state index contributed by atoms with van der Waals surface area (Å²) in [4.78, 5) is 33.4. The zero-order valence-electron chi connectivity index (χ0n) is 20.5. The van der Waals surface area contributed by atoms with Crippen LogP contribution in [-0.4, -0.2) is 24.3 Å². The van der Waals surface area contributed by atoms with Gasteiger partial charge in [-0.05, 0) is 0 Å². The molecule has 0 saturated heterocycles. The smallest absolute Gasteiger partial charge is 0.222 e. The van der Waals surface area contributed by atoms with Gasteiger partial charge in [0.2, 0.25) is 24.3 Å². The molecule has 4 N–H and O–H groups in total. The molecule has 0 heterocycles. The maximum atomic E-state index is 8.35. The fourth-order valence-corrected chi connectivity index (χ4v) is 1.54. The van der Waals surface area contributed by atoms with Crippen molar-refractivity contribution in [2.45, 2.75) is 0 Å². The lowest BCUT2D eigenvalue weighted by atomic mass is 10.4. The minimum Gasteiger partial charge on any atom is -0.222 e. The molecule has 0 radical (unpaired) electrons. The Hall–Kier alpha value is -4.90. The average Bonchev–Trinajstić information content (AvgIpc) is 2.95. The molecule has 0 aliphatic carbocycles. The minimum atomic E-state index is 0. The quantitative estimate of drug-likeness (QED) is 0.143. The van der Waals surface area contributed by atoms with Crippen LogP contribution in [0.4, 0.5) is 0 Å². The highest BCUT2D eigenvalue weighted by Crippen LogP contribution is 1.81. The number of benzene rings is 4. The molecular weight excluding hydrogens is 520 g/mol. The Labute approximate surface area is 237 Å². The Bertz CT molecular complexity index is 741. The predicted octanol–water partition coefficient (Wildman–Crippen LogP) is 6.58. The van der Waals surface area contributed by atoms with Gasteiger partial charge in [0.15, 0.2) is 0 Å². The van der Waals surface area contributed by atoms with Crippen LogP contribution < -0.4 is 0 Å². The van der Waals surface area contributed by atoms with Crippen molar-refractivity contribution in [1.29, 1.82) is 21.6 Å². The number of rotatable bonds is 0. The second-order valence-electron chi connectivity index (χ2n) is 5.03. The zero-order valence-corrected chi connectivity index (χ0v) is 22.5. The molecule has 0 amide bonds. The van der Waals surface area contributed by atoms with E-state index < -0.39 is 0 Å². The van der Waals surface area contributed by atoms with Crippen molar-refractivity contribution < 1.29 is 19.2 Å². The van der Waals surface area contributed by atoms with E-state index in [4.69, 9.17) is 40.8 Å². The highest BCUT2D eigenvalue weighted by molar-refractivity contribution is 7.59.